The van der Waals surface area contributed by atoms with Crippen LogP contribution in [0.3, 0.4) is 0 Å². The fourth-order valence-electron chi connectivity index (χ4n) is 3.92. The standard InChI is InChI=1S/C16H26N6O/c1-19-6-3-2-4-13(19)9-20-10-15(11-20)22-12-14(8-18-22)21-7-5-17-16(21)23/h8,12-13,15H,2-7,9-11H2,1H3,(H,17,23). The van der Waals surface area contributed by atoms with Crippen LogP contribution in [0.25, 0.3) is 0 Å². The first-order chi connectivity index (χ1) is 11.2. The molecule has 0 bridgehead atoms. The largest absolute Gasteiger partial charge is 0.336 e. The maximum atomic E-state index is 11.7. The van der Waals surface area contributed by atoms with Gasteiger partial charge in [0.1, 0.15) is 0 Å². The number of nitrogens with zero attached hydrogens (tertiary/aromatic N) is 5. The smallest absolute Gasteiger partial charge is 0.322 e. The number of likely N-dealkylation sites (N-methyl/N-ethyl adjacent to an activating group) is 1. The van der Waals surface area contributed by atoms with Crippen molar-refractivity contribution in [2.45, 2.75) is 31.3 Å². The number of hydrogen-bond donors (Lipinski definition) is 1. The van der Waals surface area contributed by atoms with E-state index in [0.29, 0.717) is 12.1 Å². The van der Waals surface area contributed by atoms with Crippen molar-refractivity contribution >= 4 is 11.7 Å². The number of anilines is 1. The van der Waals surface area contributed by atoms with Crippen LogP contribution >= 0.6 is 0 Å². The van der Waals surface area contributed by atoms with Gasteiger partial charge in [-0.1, -0.05) is 6.42 Å². The van der Waals surface area contributed by atoms with Gasteiger partial charge in [-0.15, -0.1) is 0 Å². The minimum absolute atomic E-state index is 0.0138. The Balaban J connectivity index is 1.30. The summed E-state index contributed by atoms with van der Waals surface area (Å²) >= 11 is 0. The molecule has 0 spiro atoms. The number of likely N-dealkylation sites (tertiary alicyclic amines) is 2. The minimum atomic E-state index is -0.0138. The van der Waals surface area contributed by atoms with E-state index in [1.807, 2.05) is 17.1 Å². The molecular weight excluding hydrogens is 292 g/mol. The Kier molecular flexibility index (Phi) is 3.98. The lowest BCUT2D eigenvalue weighted by Gasteiger charge is -2.43. The first-order valence-corrected chi connectivity index (χ1v) is 8.73. The molecule has 23 heavy (non-hydrogen) atoms. The predicted molar refractivity (Wildman–Crippen MR) is 88.7 cm³/mol. The summed E-state index contributed by atoms with van der Waals surface area (Å²) in [5.74, 6) is 0. The van der Waals surface area contributed by atoms with Gasteiger partial charge in [0.15, 0.2) is 0 Å². The van der Waals surface area contributed by atoms with E-state index in [0.717, 1.165) is 31.9 Å². The molecule has 0 aromatic carbocycles. The van der Waals surface area contributed by atoms with Gasteiger partial charge in [0.25, 0.3) is 0 Å². The summed E-state index contributed by atoms with van der Waals surface area (Å²) in [4.78, 5) is 18.5. The van der Waals surface area contributed by atoms with Gasteiger partial charge >= 0.3 is 6.03 Å². The van der Waals surface area contributed by atoms with Crippen LogP contribution < -0.4 is 10.2 Å². The lowest BCUT2D eigenvalue weighted by molar-refractivity contribution is 0.0523. The molecule has 1 N–H and O–H groups in total. The van der Waals surface area contributed by atoms with Crippen molar-refractivity contribution < 1.29 is 4.79 Å². The number of carbonyl (C=O) groups excluding carboxylic acids is 1. The Labute approximate surface area is 137 Å². The van der Waals surface area contributed by atoms with Crippen LogP contribution in [-0.4, -0.2) is 78.0 Å². The molecule has 7 nitrogen and oxygen atoms in total. The number of amides is 2. The summed E-state index contributed by atoms with van der Waals surface area (Å²) in [6.07, 6.45) is 7.86. The fourth-order valence-corrected chi connectivity index (χ4v) is 3.92. The summed E-state index contributed by atoms with van der Waals surface area (Å²) in [6, 6.07) is 1.15. The molecule has 7 heteroatoms. The maximum absolute atomic E-state index is 11.7. The molecule has 1 aromatic rings. The van der Waals surface area contributed by atoms with Crippen molar-refractivity contribution in [2.24, 2.45) is 0 Å². The van der Waals surface area contributed by atoms with Crippen molar-refractivity contribution in [2.75, 3.05) is 51.2 Å². The summed E-state index contributed by atoms with van der Waals surface area (Å²) in [5, 5.41) is 7.30. The fraction of sp³-hybridized carbons (Fsp3) is 0.750. The molecule has 0 aliphatic carbocycles. The average molecular weight is 318 g/mol. The zero-order valence-corrected chi connectivity index (χ0v) is 13.8. The lowest BCUT2D eigenvalue weighted by Crippen LogP contribution is -2.53. The number of aromatic nitrogens is 2. The number of rotatable bonds is 4. The monoisotopic (exact) mass is 318 g/mol. The van der Waals surface area contributed by atoms with E-state index in [1.54, 1.807) is 4.90 Å². The van der Waals surface area contributed by atoms with E-state index in [-0.39, 0.29) is 6.03 Å². The van der Waals surface area contributed by atoms with Crippen LogP contribution in [0.15, 0.2) is 12.4 Å². The molecule has 4 rings (SSSR count). The highest BCUT2D eigenvalue weighted by Gasteiger charge is 2.32. The molecule has 0 radical (unpaired) electrons. The lowest BCUT2D eigenvalue weighted by atomic mass is 10.00. The van der Waals surface area contributed by atoms with Crippen molar-refractivity contribution in [3.8, 4) is 0 Å². The van der Waals surface area contributed by atoms with Crippen LogP contribution in [0, 0.1) is 0 Å². The van der Waals surface area contributed by atoms with Gasteiger partial charge in [0.05, 0.1) is 17.9 Å². The highest BCUT2D eigenvalue weighted by atomic mass is 16.2. The minimum Gasteiger partial charge on any atom is -0.336 e. The van der Waals surface area contributed by atoms with Crippen molar-refractivity contribution in [1.82, 2.24) is 24.9 Å². The van der Waals surface area contributed by atoms with E-state index < -0.39 is 0 Å². The number of nitrogens with one attached hydrogen (secondary N) is 1. The Morgan fingerprint density at radius 3 is 2.91 bits per heavy atom. The Bertz CT molecular complexity index is 567. The van der Waals surface area contributed by atoms with Gasteiger partial charge < -0.3 is 10.2 Å². The van der Waals surface area contributed by atoms with E-state index >= 15 is 0 Å². The topological polar surface area (TPSA) is 56.6 Å². The molecule has 3 fully saturated rings. The molecule has 0 saturated carbocycles. The van der Waals surface area contributed by atoms with Crippen molar-refractivity contribution in [1.29, 1.82) is 0 Å². The SMILES string of the molecule is CN1CCCCC1CN1CC(n2cc(N3CCNC3=O)cn2)C1. The van der Waals surface area contributed by atoms with Crippen LogP contribution in [0.1, 0.15) is 25.3 Å². The normalized spacial score (nSPS) is 27.3. The second-order valence-corrected chi connectivity index (χ2v) is 7.06. The molecular formula is C16H26N6O. The molecule has 1 atom stereocenters. The second kappa shape index (κ2) is 6.13. The second-order valence-electron chi connectivity index (χ2n) is 7.06. The van der Waals surface area contributed by atoms with Crippen molar-refractivity contribution in [3.63, 3.8) is 0 Å². The highest BCUT2D eigenvalue weighted by molar-refractivity contribution is 5.93. The zero-order valence-electron chi connectivity index (χ0n) is 13.8. The number of hydrogen-bond acceptors (Lipinski definition) is 4. The van der Waals surface area contributed by atoms with Crippen LogP contribution in [0.2, 0.25) is 0 Å². The molecule has 3 saturated heterocycles. The molecule has 4 heterocycles. The Morgan fingerprint density at radius 1 is 1.30 bits per heavy atom. The van der Waals surface area contributed by atoms with Crippen LogP contribution in [0.4, 0.5) is 10.5 Å². The van der Waals surface area contributed by atoms with Crippen LogP contribution in [0.5, 0.6) is 0 Å². The summed E-state index contributed by atoms with van der Waals surface area (Å²) in [5.41, 5.74) is 0.908. The summed E-state index contributed by atoms with van der Waals surface area (Å²) in [7, 11) is 2.25. The number of piperidine rings is 1. The van der Waals surface area contributed by atoms with Crippen LogP contribution in [-0.2, 0) is 0 Å². The van der Waals surface area contributed by atoms with E-state index in [4.69, 9.17) is 0 Å². The predicted octanol–water partition coefficient (Wildman–Crippen LogP) is 0.754. The number of carbonyl (C=O) groups is 1. The van der Waals surface area contributed by atoms with Gasteiger partial charge in [0.2, 0.25) is 0 Å². The van der Waals surface area contributed by atoms with Gasteiger partial charge in [-0.2, -0.15) is 5.10 Å². The van der Waals surface area contributed by atoms with Gasteiger partial charge in [-0.3, -0.25) is 14.5 Å². The Morgan fingerprint density at radius 2 is 2.17 bits per heavy atom. The van der Waals surface area contributed by atoms with Gasteiger partial charge in [-0.05, 0) is 26.4 Å². The Hall–Kier alpha value is -1.60. The summed E-state index contributed by atoms with van der Waals surface area (Å²) < 4.78 is 2.03. The first-order valence-electron chi connectivity index (χ1n) is 8.73. The molecule has 2 amide bonds. The van der Waals surface area contributed by atoms with Gasteiger partial charge in [-0.25, -0.2) is 4.79 Å². The highest BCUT2D eigenvalue weighted by Crippen LogP contribution is 2.26. The molecule has 1 unspecified atom stereocenters. The molecule has 3 aliphatic rings. The van der Waals surface area contributed by atoms with E-state index in [9.17, 15) is 4.79 Å². The quantitative estimate of drug-likeness (QED) is 0.890. The zero-order chi connectivity index (χ0) is 15.8. The molecule has 1 aromatic heterocycles. The van der Waals surface area contributed by atoms with Gasteiger partial charge in [0, 0.05) is 45.0 Å². The van der Waals surface area contributed by atoms with E-state index in [2.05, 4.69) is 27.3 Å². The van der Waals surface area contributed by atoms with E-state index in [1.165, 1.54) is 32.4 Å². The molecule has 3 aliphatic heterocycles. The molecule has 126 valence electrons. The average Bonchev–Trinajstić information content (AvgIpc) is 3.12. The van der Waals surface area contributed by atoms with Crippen molar-refractivity contribution in [3.05, 3.63) is 12.4 Å². The summed E-state index contributed by atoms with van der Waals surface area (Å²) in [6.45, 7) is 6.00. The third-order valence-corrected chi connectivity index (χ3v) is 5.46. The maximum Gasteiger partial charge on any atom is 0.322 e. The third-order valence-electron chi connectivity index (χ3n) is 5.46. The number of urea groups is 1. The first kappa shape index (κ1) is 15.0. The third kappa shape index (κ3) is 2.95.